The van der Waals surface area contributed by atoms with Gasteiger partial charge in [-0.1, -0.05) is 11.3 Å². The minimum atomic E-state index is -0.121. The first-order valence-corrected chi connectivity index (χ1v) is 9.83. The Morgan fingerprint density at radius 3 is 2.93 bits per heavy atom. The largest absolute Gasteiger partial charge is 0.497 e. The molecule has 27 heavy (non-hydrogen) atoms. The number of benzene rings is 1. The highest BCUT2D eigenvalue weighted by molar-refractivity contribution is 7.16. The van der Waals surface area contributed by atoms with Gasteiger partial charge in [-0.25, -0.2) is 4.98 Å². The molecular formula is C19H23N4O3S+. The van der Waals surface area contributed by atoms with Crippen LogP contribution in [0.1, 0.15) is 35.1 Å². The van der Waals surface area contributed by atoms with Crippen molar-refractivity contribution in [3.8, 4) is 11.5 Å². The first-order valence-electron chi connectivity index (χ1n) is 9.02. The van der Waals surface area contributed by atoms with Crippen molar-refractivity contribution in [2.24, 2.45) is 0 Å². The van der Waals surface area contributed by atoms with Gasteiger partial charge in [0.2, 0.25) is 4.96 Å². The second kappa shape index (κ2) is 7.28. The standard InChI is InChI=1S/C19H22N4O3S/c1-12-9-18(24)23-19(20-12)27-17(21-23)11-22-8-4-5-15(22)14-7-6-13(25-2)10-16(14)26-3/h6-7,9-10,15H,4-5,8,11H2,1-3H3/p+1/t15-/m1/s1. The van der Waals surface area contributed by atoms with Crippen LogP contribution in [0.3, 0.4) is 0 Å². The van der Waals surface area contributed by atoms with Crippen molar-refractivity contribution in [1.82, 2.24) is 14.6 Å². The van der Waals surface area contributed by atoms with Crippen molar-refractivity contribution in [2.75, 3.05) is 20.8 Å². The zero-order valence-electron chi connectivity index (χ0n) is 15.7. The zero-order valence-corrected chi connectivity index (χ0v) is 16.5. The van der Waals surface area contributed by atoms with Gasteiger partial charge in [-0.15, -0.1) is 0 Å². The van der Waals surface area contributed by atoms with Crippen molar-refractivity contribution in [1.29, 1.82) is 0 Å². The van der Waals surface area contributed by atoms with Gasteiger partial charge in [0.25, 0.3) is 5.56 Å². The third-order valence-corrected chi connectivity index (χ3v) is 6.00. The fraction of sp³-hybridized carbons (Fsp3) is 0.421. The Morgan fingerprint density at radius 1 is 1.30 bits per heavy atom. The van der Waals surface area contributed by atoms with Gasteiger partial charge in [0.15, 0.2) is 5.01 Å². The predicted octanol–water partition coefficient (Wildman–Crippen LogP) is 1.40. The lowest BCUT2D eigenvalue weighted by atomic mass is 10.0. The second-order valence-electron chi connectivity index (χ2n) is 6.81. The number of likely N-dealkylation sites (tertiary alicyclic amines) is 1. The molecule has 1 saturated heterocycles. The number of methoxy groups -OCH3 is 2. The van der Waals surface area contributed by atoms with Gasteiger partial charge in [0, 0.05) is 30.7 Å². The van der Waals surface area contributed by atoms with E-state index in [9.17, 15) is 4.79 Å². The maximum Gasteiger partial charge on any atom is 0.275 e. The van der Waals surface area contributed by atoms with Crippen LogP contribution in [-0.2, 0) is 6.54 Å². The van der Waals surface area contributed by atoms with Gasteiger partial charge >= 0.3 is 0 Å². The molecule has 1 N–H and O–H groups in total. The highest BCUT2D eigenvalue weighted by Gasteiger charge is 2.33. The summed E-state index contributed by atoms with van der Waals surface area (Å²) in [6, 6.07) is 7.88. The molecule has 1 aliphatic rings. The maximum atomic E-state index is 12.1. The topological polar surface area (TPSA) is 70.2 Å². The Balaban J connectivity index is 1.63. The number of nitrogens with one attached hydrogen (secondary N) is 1. The van der Waals surface area contributed by atoms with E-state index in [4.69, 9.17) is 9.47 Å². The summed E-state index contributed by atoms with van der Waals surface area (Å²) in [7, 11) is 3.35. The number of rotatable bonds is 5. The summed E-state index contributed by atoms with van der Waals surface area (Å²) in [5, 5.41) is 5.43. The van der Waals surface area contributed by atoms with Gasteiger partial charge in [0.1, 0.15) is 24.1 Å². The lowest BCUT2D eigenvalue weighted by Gasteiger charge is -2.22. The highest BCUT2D eigenvalue weighted by Crippen LogP contribution is 2.32. The average Bonchev–Trinajstić information content (AvgIpc) is 3.28. The Morgan fingerprint density at radius 2 is 2.15 bits per heavy atom. The molecule has 2 atom stereocenters. The number of ether oxygens (including phenoxy) is 2. The second-order valence-corrected chi connectivity index (χ2v) is 7.85. The van der Waals surface area contributed by atoms with Crippen molar-refractivity contribution >= 4 is 16.3 Å². The molecule has 1 fully saturated rings. The van der Waals surface area contributed by atoms with Crippen LogP contribution >= 0.6 is 11.3 Å². The van der Waals surface area contributed by atoms with E-state index < -0.39 is 0 Å². The van der Waals surface area contributed by atoms with Gasteiger partial charge in [0.05, 0.1) is 26.3 Å². The fourth-order valence-electron chi connectivity index (χ4n) is 3.83. The number of hydrogen-bond donors (Lipinski definition) is 1. The lowest BCUT2D eigenvalue weighted by Crippen LogP contribution is -3.08. The number of nitrogens with zero attached hydrogens (tertiary/aromatic N) is 3. The molecule has 0 spiro atoms. The van der Waals surface area contributed by atoms with Crippen LogP contribution in [0.15, 0.2) is 29.1 Å². The molecule has 1 unspecified atom stereocenters. The number of aromatic nitrogens is 3. The lowest BCUT2D eigenvalue weighted by molar-refractivity contribution is -0.932. The van der Waals surface area contributed by atoms with Crippen LogP contribution in [0.2, 0.25) is 0 Å². The Hall–Kier alpha value is -2.45. The molecule has 4 rings (SSSR count). The summed E-state index contributed by atoms with van der Waals surface area (Å²) in [5.74, 6) is 1.65. The highest BCUT2D eigenvalue weighted by atomic mass is 32.1. The van der Waals surface area contributed by atoms with E-state index in [1.807, 2.05) is 19.1 Å². The summed E-state index contributed by atoms with van der Waals surface area (Å²) < 4.78 is 12.3. The average molecular weight is 387 g/mol. The molecule has 0 saturated carbocycles. The number of quaternary nitrogens is 1. The summed E-state index contributed by atoms with van der Waals surface area (Å²) in [6.07, 6.45) is 2.25. The minimum absolute atomic E-state index is 0.121. The minimum Gasteiger partial charge on any atom is -0.497 e. The van der Waals surface area contributed by atoms with E-state index in [2.05, 4.69) is 16.1 Å². The summed E-state index contributed by atoms with van der Waals surface area (Å²) in [4.78, 5) is 18.6. The molecule has 3 aromatic rings. The molecule has 3 heterocycles. The molecule has 1 aromatic carbocycles. The molecule has 2 aromatic heterocycles. The van der Waals surface area contributed by atoms with Crippen LogP contribution in [0.25, 0.3) is 4.96 Å². The van der Waals surface area contributed by atoms with E-state index in [-0.39, 0.29) is 5.56 Å². The van der Waals surface area contributed by atoms with Crippen LogP contribution in [0.4, 0.5) is 0 Å². The summed E-state index contributed by atoms with van der Waals surface area (Å²) in [5.41, 5.74) is 1.80. The maximum absolute atomic E-state index is 12.1. The van der Waals surface area contributed by atoms with Crippen molar-refractivity contribution in [3.63, 3.8) is 0 Å². The summed E-state index contributed by atoms with van der Waals surface area (Å²) in [6.45, 7) is 3.67. The molecule has 142 valence electrons. The smallest absolute Gasteiger partial charge is 0.275 e. The number of hydrogen-bond acceptors (Lipinski definition) is 6. The normalized spacial score (nSPS) is 19.5. The summed E-state index contributed by atoms with van der Waals surface area (Å²) >= 11 is 1.49. The number of fused-ring (bicyclic) bond motifs is 1. The van der Waals surface area contributed by atoms with E-state index in [0.717, 1.165) is 48.1 Å². The number of aryl methyl sites for hydroxylation is 1. The zero-order chi connectivity index (χ0) is 19.0. The van der Waals surface area contributed by atoms with Crippen molar-refractivity contribution in [3.05, 3.63) is 50.9 Å². The van der Waals surface area contributed by atoms with Crippen LogP contribution < -0.4 is 19.9 Å². The van der Waals surface area contributed by atoms with E-state index in [1.165, 1.54) is 32.4 Å². The fourth-order valence-corrected chi connectivity index (χ4v) is 4.83. The van der Waals surface area contributed by atoms with E-state index in [0.29, 0.717) is 11.0 Å². The van der Waals surface area contributed by atoms with Crippen molar-refractivity contribution in [2.45, 2.75) is 32.4 Å². The third-order valence-electron chi connectivity index (χ3n) is 5.09. The Labute approximate surface area is 161 Å². The van der Waals surface area contributed by atoms with Gasteiger partial charge in [-0.2, -0.15) is 9.61 Å². The predicted molar refractivity (Wildman–Crippen MR) is 103 cm³/mol. The molecule has 7 nitrogen and oxygen atoms in total. The first-order chi connectivity index (χ1) is 13.1. The van der Waals surface area contributed by atoms with E-state index in [1.54, 1.807) is 14.2 Å². The van der Waals surface area contributed by atoms with Gasteiger partial charge < -0.3 is 14.4 Å². The molecular weight excluding hydrogens is 364 g/mol. The molecule has 8 heteroatoms. The van der Waals surface area contributed by atoms with Crippen LogP contribution in [0.5, 0.6) is 11.5 Å². The Kier molecular flexibility index (Phi) is 4.84. The molecule has 0 radical (unpaired) electrons. The van der Waals surface area contributed by atoms with Crippen LogP contribution in [-0.4, -0.2) is 35.4 Å². The van der Waals surface area contributed by atoms with Gasteiger partial charge in [-0.3, -0.25) is 4.79 Å². The molecule has 1 aliphatic heterocycles. The Bertz CT molecular complexity index is 1030. The monoisotopic (exact) mass is 387 g/mol. The van der Waals surface area contributed by atoms with E-state index >= 15 is 0 Å². The molecule has 0 amide bonds. The van der Waals surface area contributed by atoms with Crippen LogP contribution in [0, 0.1) is 6.92 Å². The van der Waals surface area contributed by atoms with Crippen molar-refractivity contribution < 1.29 is 14.4 Å². The molecule has 0 bridgehead atoms. The SMILES string of the molecule is COc1ccc([C@H]2CCC[NH+]2Cc2nn3c(=O)cc(C)nc3s2)c(OC)c1. The first kappa shape index (κ1) is 17.9. The molecule has 0 aliphatic carbocycles. The van der Waals surface area contributed by atoms with Gasteiger partial charge in [-0.05, 0) is 19.1 Å². The quantitative estimate of drug-likeness (QED) is 0.717. The third kappa shape index (κ3) is 3.42.